The van der Waals surface area contributed by atoms with Crippen LogP contribution >= 0.6 is 0 Å². The number of carbonyl (C=O) groups is 1. The molecular formula is C14H25N3O. The highest BCUT2D eigenvalue weighted by Gasteiger charge is 2.25. The average molecular weight is 251 g/mol. The van der Waals surface area contributed by atoms with Gasteiger partial charge in [-0.2, -0.15) is 0 Å². The van der Waals surface area contributed by atoms with Gasteiger partial charge in [0.1, 0.15) is 0 Å². The molecule has 2 aliphatic rings. The molecule has 0 aromatic heterocycles. The van der Waals surface area contributed by atoms with Crippen LogP contribution in [0.1, 0.15) is 32.1 Å². The highest BCUT2D eigenvalue weighted by Crippen LogP contribution is 2.16. The molecule has 4 heteroatoms. The zero-order valence-electron chi connectivity index (χ0n) is 11.6. The van der Waals surface area contributed by atoms with Crippen LogP contribution in [0.4, 0.5) is 4.79 Å². The predicted molar refractivity (Wildman–Crippen MR) is 73.6 cm³/mol. The second-order valence-electron chi connectivity index (χ2n) is 5.59. The Bertz CT molecular complexity index is 306. The molecule has 18 heavy (non-hydrogen) atoms. The van der Waals surface area contributed by atoms with Gasteiger partial charge in [0, 0.05) is 39.3 Å². The Kier molecular flexibility index (Phi) is 4.64. The van der Waals surface area contributed by atoms with Crippen LogP contribution in [0.15, 0.2) is 12.2 Å². The van der Waals surface area contributed by atoms with Gasteiger partial charge in [-0.1, -0.05) is 12.2 Å². The molecule has 4 nitrogen and oxygen atoms in total. The fourth-order valence-corrected chi connectivity index (χ4v) is 2.80. The van der Waals surface area contributed by atoms with E-state index in [1.165, 1.54) is 12.8 Å². The third-order valence-electron chi connectivity index (χ3n) is 3.89. The van der Waals surface area contributed by atoms with Crippen LogP contribution in [-0.4, -0.2) is 55.1 Å². The SMILES string of the molecule is CN(C)C(=O)N1CCC(NC2CC=CCC2)CC1. The molecule has 1 N–H and O–H groups in total. The van der Waals surface area contributed by atoms with Crippen molar-refractivity contribution in [2.24, 2.45) is 0 Å². The van der Waals surface area contributed by atoms with Gasteiger partial charge >= 0.3 is 6.03 Å². The molecule has 0 bridgehead atoms. The van der Waals surface area contributed by atoms with Crippen molar-refractivity contribution in [3.63, 3.8) is 0 Å². The molecule has 0 spiro atoms. The first-order valence-electron chi connectivity index (χ1n) is 7.04. The molecule has 1 fully saturated rings. The summed E-state index contributed by atoms with van der Waals surface area (Å²) in [6, 6.07) is 1.39. The maximum atomic E-state index is 11.8. The number of hydrogen-bond donors (Lipinski definition) is 1. The first-order valence-corrected chi connectivity index (χ1v) is 7.04. The second kappa shape index (κ2) is 6.23. The quantitative estimate of drug-likeness (QED) is 0.760. The van der Waals surface area contributed by atoms with E-state index in [1.807, 2.05) is 19.0 Å². The summed E-state index contributed by atoms with van der Waals surface area (Å²) < 4.78 is 0. The van der Waals surface area contributed by atoms with E-state index >= 15 is 0 Å². The molecule has 2 amide bonds. The molecule has 1 aliphatic heterocycles. The summed E-state index contributed by atoms with van der Waals surface area (Å²) in [5.74, 6) is 0. The molecule has 1 unspecified atom stereocenters. The molecule has 0 saturated carbocycles. The van der Waals surface area contributed by atoms with Crippen LogP contribution in [0.25, 0.3) is 0 Å². The highest BCUT2D eigenvalue weighted by atomic mass is 16.2. The van der Waals surface area contributed by atoms with Crippen LogP contribution in [0, 0.1) is 0 Å². The smallest absolute Gasteiger partial charge is 0.319 e. The summed E-state index contributed by atoms with van der Waals surface area (Å²) in [5, 5.41) is 3.74. The molecule has 2 rings (SSSR count). The molecule has 1 aliphatic carbocycles. The van der Waals surface area contributed by atoms with E-state index in [0.717, 1.165) is 32.4 Å². The minimum Gasteiger partial charge on any atom is -0.331 e. The van der Waals surface area contributed by atoms with Gasteiger partial charge in [0.15, 0.2) is 0 Å². The number of piperidine rings is 1. The number of allylic oxidation sites excluding steroid dienone is 1. The van der Waals surface area contributed by atoms with E-state index in [-0.39, 0.29) is 6.03 Å². The Morgan fingerprint density at radius 2 is 1.89 bits per heavy atom. The molecule has 1 atom stereocenters. The number of hydrogen-bond acceptors (Lipinski definition) is 2. The minimum absolute atomic E-state index is 0.147. The molecule has 1 saturated heterocycles. The van der Waals surface area contributed by atoms with E-state index in [1.54, 1.807) is 4.90 Å². The number of likely N-dealkylation sites (tertiary alicyclic amines) is 1. The third-order valence-corrected chi connectivity index (χ3v) is 3.89. The van der Waals surface area contributed by atoms with Crippen LogP contribution in [0.5, 0.6) is 0 Å². The minimum atomic E-state index is 0.147. The zero-order chi connectivity index (χ0) is 13.0. The number of carbonyl (C=O) groups excluding carboxylic acids is 1. The van der Waals surface area contributed by atoms with Crippen molar-refractivity contribution < 1.29 is 4.79 Å². The van der Waals surface area contributed by atoms with Gasteiger partial charge in [-0.25, -0.2) is 4.79 Å². The molecule has 1 heterocycles. The number of nitrogens with one attached hydrogen (secondary N) is 1. The topological polar surface area (TPSA) is 35.6 Å². The van der Waals surface area contributed by atoms with Gasteiger partial charge in [0.05, 0.1) is 0 Å². The fraction of sp³-hybridized carbons (Fsp3) is 0.786. The van der Waals surface area contributed by atoms with Gasteiger partial charge in [0.25, 0.3) is 0 Å². The lowest BCUT2D eigenvalue weighted by atomic mass is 9.98. The Hall–Kier alpha value is -1.03. The van der Waals surface area contributed by atoms with Crippen molar-refractivity contribution in [1.82, 2.24) is 15.1 Å². The number of amides is 2. The number of nitrogens with zero attached hydrogens (tertiary/aromatic N) is 2. The first-order chi connectivity index (χ1) is 8.66. The van der Waals surface area contributed by atoms with E-state index in [2.05, 4.69) is 17.5 Å². The second-order valence-corrected chi connectivity index (χ2v) is 5.59. The van der Waals surface area contributed by atoms with Gasteiger partial charge in [-0.3, -0.25) is 0 Å². The van der Waals surface area contributed by atoms with Crippen LogP contribution < -0.4 is 5.32 Å². The first kappa shape index (κ1) is 13.4. The Balaban J connectivity index is 1.73. The van der Waals surface area contributed by atoms with E-state index in [9.17, 15) is 4.79 Å². The Morgan fingerprint density at radius 3 is 2.44 bits per heavy atom. The van der Waals surface area contributed by atoms with Crippen molar-refractivity contribution in [1.29, 1.82) is 0 Å². The normalized spacial score (nSPS) is 25.2. The third kappa shape index (κ3) is 3.48. The number of urea groups is 1. The van der Waals surface area contributed by atoms with E-state index < -0.39 is 0 Å². The zero-order valence-corrected chi connectivity index (χ0v) is 11.6. The van der Waals surface area contributed by atoms with Gasteiger partial charge < -0.3 is 15.1 Å². The summed E-state index contributed by atoms with van der Waals surface area (Å²) in [4.78, 5) is 15.4. The van der Waals surface area contributed by atoms with E-state index in [4.69, 9.17) is 0 Å². The van der Waals surface area contributed by atoms with Gasteiger partial charge in [-0.05, 0) is 32.1 Å². The Morgan fingerprint density at radius 1 is 1.17 bits per heavy atom. The van der Waals surface area contributed by atoms with Crippen molar-refractivity contribution in [3.8, 4) is 0 Å². The van der Waals surface area contributed by atoms with Crippen molar-refractivity contribution in [2.75, 3.05) is 27.2 Å². The summed E-state index contributed by atoms with van der Waals surface area (Å²) in [5.41, 5.74) is 0. The van der Waals surface area contributed by atoms with Gasteiger partial charge in [-0.15, -0.1) is 0 Å². The number of rotatable bonds is 2. The molecule has 0 radical (unpaired) electrons. The van der Waals surface area contributed by atoms with Crippen LogP contribution in [0.2, 0.25) is 0 Å². The standard InChI is InChI=1S/C14H25N3O/c1-16(2)14(18)17-10-8-13(9-11-17)15-12-6-4-3-5-7-12/h3-4,12-13,15H,5-11H2,1-2H3. The summed E-state index contributed by atoms with van der Waals surface area (Å²) in [7, 11) is 3.64. The van der Waals surface area contributed by atoms with Crippen LogP contribution in [0.3, 0.4) is 0 Å². The predicted octanol–water partition coefficient (Wildman–Crippen LogP) is 1.83. The maximum Gasteiger partial charge on any atom is 0.319 e. The summed E-state index contributed by atoms with van der Waals surface area (Å²) in [6.45, 7) is 1.77. The molecule has 102 valence electrons. The van der Waals surface area contributed by atoms with Crippen molar-refractivity contribution in [3.05, 3.63) is 12.2 Å². The average Bonchev–Trinajstić information content (AvgIpc) is 2.40. The lowest BCUT2D eigenvalue weighted by molar-refractivity contribution is 0.150. The Labute approximate surface area is 110 Å². The summed E-state index contributed by atoms with van der Waals surface area (Å²) in [6.07, 6.45) is 10.3. The lowest BCUT2D eigenvalue weighted by Gasteiger charge is -2.36. The van der Waals surface area contributed by atoms with Gasteiger partial charge in [0.2, 0.25) is 0 Å². The maximum absolute atomic E-state index is 11.8. The monoisotopic (exact) mass is 251 g/mol. The van der Waals surface area contributed by atoms with E-state index in [0.29, 0.717) is 12.1 Å². The highest BCUT2D eigenvalue weighted by molar-refractivity contribution is 5.73. The lowest BCUT2D eigenvalue weighted by Crippen LogP contribution is -2.50. The fourth-order valence-electron chi connectivity index (χ4n) is 2.80. The summed E-state index contributed by atoms with van der Waals surface area (Å²) >= 11 is 0. The van der Waals surface area contributed by atoms with Crippen molar-refractivity contribution >= 4 is 6.03 Å². The van der Waals surface area contributed by atoms with Crippen molar-refractivity contribution in [2.45, 2.75) is 44.2 Å². The van der Waals surface area contributed by atoms with Crippen LogP contribution in [-0.2, 0) is 0 Å². The largest absolute Gasteiger partial charge is 0.331 e. The molecular weight excluding hydrogens is 226 g/mol. The molecule has 0 aromatic carbocycles. The molecule has 0 aromatic rings.